The molecule has 1 amide bonds. The van der Waals surface area contributed by atoms with Gasteiger partial charge in [-0.1, -0.05) is 19.1 Å². The van der Waals surface area contributed by atoms with E-state index in [2.05, 4.69) is 47.0 Å². The lowest BCUT2D eigenvalue weighted by Gasteiger charge is -2.24. The van der Waals surface area contributed by atoms with E-state index in [1.54, 1.807) is 7.11 Å². The molecule has 0 aliphatic carbocycles. The van der Waals surface area contributed by atoms with Crippen molar-refractivity contribution in [1.82, 2.24) is 21.1 Å². The van der Waals surface area contributed by atoms with E-state index in [1.165, 1.54) is 18.4 Å². The van der Waals surface area contributed by atoms with Crippen LogP contribution in [0.3, 0.4) is 0 Å². The Bertz CT molecular complexity index is 592. The molecule has 3 N–H and O–H groups in total. The van der Waals surface area contributed by atoms with Crippen LogP contribution in [0.4, 0.5) is 0 Å². The van der Waals surface area contributed by atoms with E-state index in [1.807, 2.05) is 12.1 Å². The van der Waals surface area contributed by atoms with Gasteiger partial charge < -0.3 is 10.1 Å². The van der Waals surface area contributed by atoms with Gasteiger partial charge in [-0.3, -0.25) is 15.1 Å². The van der Waals surface area contributed by atoms with Crippen LogP contribution in [0.15, 0.2) is 24.3 Å². The Morgan fingerprint density at radius 3 is 2.77 bits per heavy atom. The van der Waals surface area contributed by atoms with E-state index in [-0.39, 0.29) is 23.9 Å². The third-order valence-electron chi connectivity index (χ3n) is 5.87. The van der Waals surface area contributed by atoms with Crippen LogP contribution in [0.5, 0.6) is 5.75 Å². The number of ether oxygens (including phenoxy) is 1. The standard InChI is InChI=1S/C20H32N4O2/c1-4-24-11-5-6-16(24)13-21-19(25)12-18-14(2)22-23-20(18)15-7-9-17(26-3)10-8-15/h7-10,14,16,18,20,22-23H,4-6,11-13H2,1-3H3,(H,21,25). The molecule has 0 spiro atoms. The van der Waals surface area contributed by atoms with Crippen molar-refractivity contribution in [2.75, 3.05) is 26.7 Å². The SMILES string of the molecule is CCN1CCCC1CNC(=O)CC1C(C)NNC1c1ccc(OC)cc1. The molecule has 0 aromatic heterocycles. The lowest BCUT2D eigenvalue weighted by molar-refractivity contribution is -0.122. The molecule has 144 valence electrons. The van der Waals surface area contributed by atoms with Crippen LogP contribution >= 0.6 is 0 Å². The number of likely N-dealkylation sites (tertiary alicyclic amines) is 1. The van der Waals surface area contributed by atoms with Crippen molar-refractivity contribution in [2.45, 2.75) is 51.2 Å². The number of methoxy groups -OCH3 is 1. The Balaban J connectivity index is 1.56. The van der Waals surface area contributed by atoms with Crippen molar-refractivity contribution in [3.05, 3.63) is 29.8 Å². The Labute approximate surface area is 156 Å². The smallest absolute Gasteiger partial charge is 0.220 e. The molecule has 4 unspecified atom stereocenters. The van der Waals surface area contributed by atoms with Gasteiger partial charge in [0.1, 0.15) is 5.75 Å². The van der Waals surface area contributed by atoms with Gasteiger partial charge in [0.25, 0.3) is 0 Å². The average molecular weight is 361 g/mol. The first-order valence-electron chi connectivity index (χ1n) is 9.78. The zero-order valence-corrected chi connectivity index (χ0v) is 16.1. The van der Waals surface area contributed by atoms with Crippen LogP contribution in [0, 0.1) is 5.92 Å². The van der Waals surface area contributed by atoms with E-state index < -0.39 is 0 Å². The molecule has 4 atom stereocenters. The summed E-state index contributed by atoms with van der Waals surface area (Å²) in [5, 5.41) is 3.17. The molecule has 0 radical (unpaired) electrons. The number of hydrazine groups is 1. The number of nitrogens with zero attached hydrogens (tertiary/aromatic N) is 1. The van der Waals surface area contributed by atoms with E-state index in [4.69, 9.17) is 4.74 Å². The highest BCUT2D eigenvalue weighted by molar-refractivity contribution is 5.76. The zero-order chi connectivity index (χ0) is 18.5. The number of likely N-dealkylation sites (N-methyl/N-ethyl adjacent to an activating group) is 1. The van der Waals surface area contributed by atoms with Crippen LogP contribution in [-0.4, -0.2) is 49.6 Å². The fourth-order valence-electron chi connectivity index (χ4n) is 4.22. The molecule has 6 heteroatoms. The van der Waals surface area contributed by atoms with E-state index in [0.717, 1.165) is 25.4 Å². The van der Waals surface area contributed by atoms with Crippen LogP contribution in [0.25, 0.3) is 0 Å². The second-order valence-electron chi connectivity index (χ2n) is 7.42. The van der Waals surface area contributed by atoms with Crippen molar-refractivity contribution in [2.24, 2.45) is 5.92 Å². The van der Waals surface area contributed by atoms with Gasteiger partial charge in [0.2, 0.25) is 5.91 Å². The van der Waals surface area contributed by atoms with Crippen LogP contribution < -0.4 is 20.9 Å². The Morgan fingerprint density at radius 1 is 1.31 bits per heavy atom. The molecule has 2 fully saturated rings. The fraction of sp³-hybridized carbons (Fsp3) is 0.650. The number of rotatable bonds is 7. The van der Waals surface area contributed by atoms with Gasteiger partial charge in [-0.25, -0.2) is 5.43 Å². The van der Waals surface area contributed by atoms with Crippen molar-refractivity contribution < 1.29 is 9.53 Å². The normalized spacial score (nSPS) is 29.0. The molecule has 2 aliphatic rings. The molecule has 2 heterocycles. The summed E-state index contributed by atoms with van der Waals surface area (Å²) in [6.45, 7) is 7.31. The maximum atomic E-state index is 12.6. The fourth-order valence-corrected chi connectivity index (χ4v) is 4.22. The van der Waals surface area contributed by atoms with E-state index in [0.29, 0.717) is 12.5 Å². The number of carbonyl (C=O) groups is 1. The first-order chi connectivity index (χ1) is 12.6. The predicted molar refractivity (Wildman–Crippen MR) is 103 cm³/mol. The minimum Gasteiger partial charge on any atom is -0.497 e. The first-order valence-corrected chi connectivity index (χ1v) is 9.78. The van der Waals surface area contributed by atoms with Crippen molar-refractivity contribution in [1.29, 1.82) is 0 Å². The quantitative estimate of drug-likeness (QED) is 0.692. The van der Waals surface area contributed by atoms with Gasteiger partial charge >= 0.3 is 0 Å². The summed E-state index contributed by atoms with van der Waals surface area (Å²) in [5.41, 5.74) is 7.82. The second kappa shape index (κ2) is 8.84. The minimum absolute atomic E-state index is 0.125. The van der Waals surface area contributed by atoms with Crippen LogP contribution in [0.1, 0.15) is 44.7 Å². The van der Waals surface area contributed by atoms with Gasteiger partial charge in [0, 0.05) is 31.0 Å². The zero-order valence-electron chi connectivity index (χ0n) is 16.1. The molecule has 1 aromatic carbocycles. The van der Waals surface area contributed by atoms with Gasteiger partial charge in [-0.2, -0.15) is 0 Å². The highest BCUT2D eigenvalue weighted by Crippen LogP contribution is 2.32. The van der Waals surface area contributed by atoms with E-state index in [9.17, 15) is 4.79 Å². The molecule has 1 aromatic rings. The summed E-state index contributed by atoms with van der Waals surface area (Å²) in [7, 11) is 1.67. The Kier molecular flexibility index (Phi) is 6.51. The topological polar surface area (TPSA) is 65.6 Å². The average Bonchev–Trinajstić information content (AvgIpc) is 3.27. The summed E-state index contributed by atoms with van der Waals surface area (Å²) in [5.74, 6) is 1.21. The number of amides is 1. The van der Waals surface area contributed by atoms with Crippen molar-refractivity contribution in [3.63, 3.8) is 0 Å². The Hall–Kier alpha value is -1.63. The summed E-state index contributed by atoms with van der Waals surface area (Å²) in [4.78, 5) is 15.0. The van der Waals surface area contributed by atoms with Crippen LogP contribution in [-0.2, 0) is 4.79 Å². The first kappa shape index (κ1) is 19.1. The van der Waals surface area contributed by atoms with E-state index >= 15 is 0 Å². The molecule has 2 saturated heterocycles. The molecule has 0 saturated carbocycles. The number of hydrogen-bond donors (Lipinski definition) is 3. The maximum absolute atomic E-state index is 12.6. The summed E-state index contributed by atoms with van der Waals surface area (Å²) in [6.07, 6.45) is 2.95. The third kappa shape index (κ3) is 4.37. The molecule has 26 heavy (non-hydrogen) atoms. The highest BCUT2D eigenvalue weighted by atomic mass is 16.5. The van der Waals surface area contributed by atoms with Crippen molar-refractivity contribution >= 4 is 5.91 Å². The lowest BCUT2D eigenvalue weighted by atomic mass is 9.87. The van der Waals surface area contributed by atoms with Gasteiger partial charge in [-0.15, -0.1) is 0 Å². The van der Waals surface area contributed by atoms with Crippen molar-refractivity contribution in [3.8, 4) is 5.75 Å². The maximum Gasteiger partial charge on any atom is 0.220 e. The number of nitrogens with one attached hydrogen (secondary N) is 3. The molecule has 3 rings (SSSR count). The largest absolute Gasteiger partial charge is 0.497 e. The number of benzene rings is 1. The molecule has 2 aliphatic heterocycles. The summed E-state index contributed by atoms with van der Waals surface area (Å²) in [6, 6.07) is 8.94. The molecular weight excluding hydrogens is 328 g/mol. The third-order valence-corrected chi connectivity index (χ3v) is 5.87. The molecule has 0 bridgehead atoms. The highest BCUT2D eigenvalue weighted by Gasteiger charge is 2.35. The number of carbonyl (C=O) groups excluding carboxylic acids is 1. The molecular formula is C20H32N4O2. The van der Waals surface area contributed by atoms with Gasteiger partial charge in [0.05, 0.1) is 13.2 Å². The van der Waals surface area contributed by atoms with Crippen LogP contribution in [0.2, 0.25) is 0 Å². The molecule has 6 nitrogen and oxygen atoms in total. The number of hydrogen-bond acceptors (Lipinski definition) is 5. The summed E-state index contributed by atoms with van der Waals surface area (Å²) >= 11 is 0. The predicted octanol–water partition coefficient (Wildman–Crippen LogP) is 1.84. The minimum atomic E-state index is 0.125. The lowest BCUT2D eigenvalue weighted by Crippen LogP contribution is -2.41. The monoisotopic (exact) mass is 360 g/mol. The van der Waals surface area contributed by atoms with Gasteiger partial charge in [0.15, 0.2) is 0 Å². The summed E-state index contributed by atoms with van der Waals surface area (Å²) < 4.78 is 5.24. The van der Waals surface area contributed by atoms with Gasteiger partial charge in [-0.05, 0) is 50.6 Å². The Morgan fingerprint density at radius 2 is 2.08 bits per heavy atom. The second-order valence-corrected chi connectivity index (χ2v) is 7.42.